The van der Waals surface area contributed by atoms with Crippen LogP contribution in [0.1, 0.15) is 26.3 Å². The molecule has 0 aromatic heterocycles. The van der Waals surface area contributed by atoms with Crippen LogP contribution in [0.5, 0.6) is 11.5 Å². The van der Waals surface area contributed by atoms with Gasteiger partial charge in [0.25, 0.3) is 0 Å². The topological polar surface area (TPSA) is 82.1 Å². The molecule has 6 nitrogen and oxygen atoms in total. The van der Waals surface area contributed by atoms with Gasteiger partial charge in [-0.1, -0.05) is 12.1 Å². The lowest BCUT2D eigenvalue weighted by Gasteiger charge is -2.21. The maximum atomic E-state index is 13.3. The molecule has 1 aliphatic heterocycles. The molecule has 136 valence electrons. The van der Waals surface area contributed by atoms with Crippen molar-refractivity contribution in [2.24, 2.45) is 0 Å². The van der Waals surface area contributed by atoms with Crippen LogP contribution in [0.15, 0.2) is 18.2 Å². The minimum atomic E-state index is -5.53. The standard InChI is InChI=1S/C15H20F2O6S/c1-10(15(16,17)24(18,19)20)21-7-8-22-12-6-4-5-11-9-14(2,3)23-13(11)12/h4-6,10H,7-9H2,1-3H3,(H,18,19,20). The first-order valence-electron chi connectivity index (χ1n) is 7.34. The average Bonchev–Trinajstić information content (AvgIpc) is 2.76. The summed E-state index contributed by atoms with van der Waals surface area (Å²) in [4.78, 5) is 0. The number of rotatable bonds is 7. The summed E-state index contributed by atoms with van der Waals surface area (Å²) in [5.41, 5.74) is 0.648. The number of hydrogen-bond donors (Lipinski definition) is 1. The van der Waals surface area contributed by atoms with Gasteiger partial charge in [0.05, 0.1) is 6.61 Å². The monoisotopic (exact) mass is 366 g/mol. The van der Waals surface area contributed by atoms with Gasteiger partial charge in [0, 0.05) is 12.0 Å². The van der Waals surface area contributed by atoms with Gasteiger partial charge in [0.1, 0.15) is 18.3 Å². The van der Waals surface area contributed by atoms with E-state index in [2.05, 4.69) is 0 Å². The van der Waals surface area contributed by atoms with Crippen molar-refractivity contribution in [3.05, 3.63) is 23.8 Å². The molecule has 24 heavy (non-hydrogen) atoms. The fourth-order valence-electron chi connectivity index (χ4n) is 2.38. The Morgan fingerprint density at radius 2 is 2.04 bits per heavy atom. The van der Waals surface area contributed by atoms with Crippen molar-refractivity contribution in [2.75, 3.05) is 13.2 Å². The Morgan fingerprint density at radius 1 is 1.38 bits per heavy atom. The molecule has 1 aromatic rings. The van der Waals surface area contributed by atoms with Gasteiger partial charge in [-0.3, -0.25) is 4.55 Å². The number of alkyl halides is 2. The molecule has 1 aromatic carbocycles. The number of benzene rings is 1. The smallest absolute Gasteiger partial charge is 0.394 e. The highest BCUT2D eigenvalue weighted by molar-refractivity contribution is 7.86. The third kappa shape index (κ3) is 3.96. The second-order valence-corrected chi connectivity index (χ2v) is 7.68. The first kappa shape index (κ1) is 18.9. The molecule has 1 aliphatic rings. The van der Waals surface area contributed by atoms with E-state index in [0.29, 0.717) is 11.5 Å². The third-order valence-electron chi connectivity index (χ3n) is 3.58. The van der Waals surface area contributed by atoms with E-state index in [0.717, 1.165) is 18.9 Å². The van der Waals surface area contributed by atoms with Crippen molar-refractivity contribution in [1.82, 2.24) is 0 Å². The van der Waals surface area contributed by atoms with Crippen LogP contribution in [-0.2, 0) is 21.3 Å². The van der Waals surface area contributed by atoms with Crippen LogP contribution in [0, 0.1) is 0 Å². The van der Waals surface area contributed by atoms with Gasteiger partial charge >= 0.3 is 15.4 Å². The Labute approximate surface area is 139 Å². The highest BCUT2D eigenvalue weighted by Crippen LogP contribution is 2.41. The Hall–Kier alpha value is -1.45. The summed E-state index contributed by atoms with van der Waals surface area (Å²) in [6.07, 6.45) is -1.28. The first-order valence-corrected chi connectivity index (χ1v) is 8.78. The normalized spacial score (nSPS) is 17.9. The lowest BCUT2D eigenvalue weighted by atomic mass is 10.0. The van der Waals surface area contributed by atoms with E-state index in [1.807, 2.05) is 19.9 Å². The van der Waals surface area contributed by atoms with E-state index < -0.39 is 21.5 Å². The van der Waals surface area contributed by atoms with Gasteiger partial charge < -0.3 is 14.2 Å². The van der Waals surface area contributed by atoms with E-state index in [4.69, 9.17) is 18.8 Å². The SMILES string of the molecule is CC(OCCOc1cccc2c1OC(C)(C)C2)C(F)(F)S(=O)(=O)O. The summed E-state index contributed by atoms with van der Waals surface area (Å²) in [7, 11) is -5.53. The van der Waals surface area contributed by atoms with Gasteiger partial charge in [0.2, 0.25) is 0 Å². The summed E-state index contributed by atoms with van der Waals surface area (Å²) in [6, 6.07) is 5.41. The number of ether oxygens (including phenoxy) is 3. The van der Waals surface area contributed by atoms with Gasteiger partial charge in [-0.15, -0.1) is 0 Å². The predicted octanol–water partition coefficient (Wildman–Crippen LogP) is 2.66. The molecule has 2 rings (SSSR count). The second-order valence-electron chi connectivity index (χ2n) is 6.18. The fourth-order valence-corrected chi connectivity index (χ4v) is 2.87. The first-order chi connectivity index (χ1) is 10.9. The van der Waals surface area contributed by atoms with Crippen molar-refractivity contribution in [3.63, 3.8) is 0 Å². The molecule has 0 saturated heterocycles. The Balaban J connectivity index is 1.90. The van der Waals surface area contributed by atoms with E-state index in [1.165, 1.54) is 0 Å². The van der Waals surface area contributed by atoms with Crippen LogP contribution in [0.3, 0.4) is 0 Å². The van der Waals surface area contributed by atoms with Gasteiger partial charge in [-0.25, -0.2) is 0 Å². The highest BCUT2D eigenvalue weighted by Gasteiger charge is 2.50. The van der Waals surface area contributed by atoms with Crippen LogP contribution >= 0.6 is 0 Å². The van der Waals surface area contributed by atoms with Crippen molar-refractivity contribution < 1.29 is 36.0 Å². The Kier molecular flexibility index (Phi) is 5.08. The molecule has 0 spiro atoms. The number of halogens is 2. The van der Waals surface area contributed by atoms with Crippen molar-refractivity contribution in [2.45, 2.75) is 44.2 Å². The molecule has 1 N–H and O–H groups in total. The van der Waals surface area contributed by atoms with Crippen LogP contribution < -0.4 is 9.47 Å². The number of hydrogen-bond acceptors (Lipinski definition) is 5. The molecule has 0 aliphatic carbocycles. The summed E-state index contributed by atoms with van der Waals surface area (Å²) in [5.74, 6) is 1.08. The molecule has 0 amide bonds. The molecule has 1 atom stereocenters. The number of fused-ring (bicyclic) bond motifs is 1. The fraction of sp³-hybridized carbons (Fsp3) is 0.600. The lowest BCUT2D eigenvalue weighted by molar-refractivity contribution is -0.0827. The Bertz CT molecular complexity index is 702. The van der Waals surface area contributed by atoms with Crippen molar-refractivity contribution >= 4 is 10.1 Å². The molecule has 0 radical (unpaired) electrons. The van der Waals surface area contributed by atoms with Crippen LogP contribution in [0.25, 0.3) is 0 Å². The molecule has 1 unspecified atom stereocenters. The average molecular weight is 366 g/mol. The largest absolute Gasteiger partial charge is 0.487 e. The molecule has 9 heteroatoms. The van der Waals surface area contributed by atoms with Gasteiger partial charge in [-0.2, -0.15) is 17.2 Å². The van der Waals surface area contributed by atoms with E-state index >= 15 is 0 Å². The maximum Gasteiger partial charge on any atom is 0.394 e. The van der Waals surface area contributed by atoms with Gasteiger partial charge in [0.15, 0.2) is 11.5 Å². The maximum absolute atomic E-state index is 13.3. The molecular weight excluding hydrogens is 346 g/mol. The number of para-hydroxylation sites is 1. The summed E-state index contributed by atoms with van der Waals surface area (Å²) < 4.78 is 72.4. The molecule has 1 heterocycles. The zero-order valence-electron chi connectivity index (χ0n) is 13.6. The van der Waals surface area contributed by atoms with Crippen molar-refractivity contribution in [1.29, 1.82) is 0 Å². The van der Waals surface area contributed by atoms with E-state index in [1.54, 1.807) is 12.1 Å². The van der Waals surface area contributed by atoms with Crippen LogP contribution in [0.2, 0.25) is 0 Å². The lowest BCUT2D eigenvalue weighted by Crippen LogP contribution is -2.41. The Morgan fingerprint density at radius 3 is 2.67 bits per heavy atom. The third-order valence-corrected chi connectivity index (χ3v) is 4.60. The van der Waals surface area contributed by atoms with Crippen LogP contribution in [0.4, 0.5) is 8.78 Å². The van der Waals surface area contributed by atoms with E-state index in [9.17, 15) is 17.2 Å². The highest BCUT2D eigenvalue weighted by atomic mass is 32.2. The quantitative estimate of drug-likeness (QED) is 0.590. The minimum Gasteiger partial charge on any atom is -0.487 e. The molecule has 0 fully saturated rings. The summed E-state index contributed by atoms with van der Waals surface area (Å²) in [6.45, 7) is 4.39. The minimum absolute atomic E-state index is 0.0772. The zero-order chi connectivity index (χ0) is 18.2. The van der Waals surface area contributed by atoms with Crippen molar-refractivity contribution in [3.8, 4) is 11.5 Å². The van der Waals surface area contributed by atoms with Crippen LogP contribution in [-0.4, -0.2) is 43.1 Å². The molecular formula is C15H20F2O6S. The van der Waals surface area contributed by atoms with E-state index in [-0.39, 0.29) is 18.8 Å². The zero-order valence-corrected chi connectivity index (χ0v) is 14.4. The van der Waals surface area contributed by atoms with Gasteiger partial charge in [-0.05, 0) is 26.8 Å². The molecule has 0 saturated carbocycles. The summed E-state index contributed by atoms with van der Waals surface area (Å²) >= 11 is 0. The predicted molar refractivity (Wildman–Crippen MR) is 82.3 cm³/mol. The second kappa shape index (κ2) is 6.45. The molecule has 0 bridgehead atoms. The summed E-state index contributed by atoms with van der Waals surface area (Å²) in [5, 5.41) is -4.38.